The van der Waals surface area contributed by atoms with Gasteiger partial charge in [0.1, 0.15) is 5.58 Å². The third-order valence-corrected chi connectivity index (χ3v) is 6.87. The molecule has 0 aliphatic carbocycles. The third kappa shape index (κ3) is 9.62. The standard InChI is InChI=1S/C32H43NO5/c1-4-31(34)37-19-15-13-11-9-7-5-6-8-10-12-14-18-36-30-22-29-26(23-33-30)21-28(32(35)38-29)27-20-24(2)16-17-25(27)3/h16-17,20-23H,4-15,18-19H2,1-3H3. The molecule has 0 saturated carbocycles. The number of aromatic nitrogens is 1. The van der Waals surface area contributed by atoms with Crippen LogP contribution >= 0.6 is 0 Å². The second-order valence-electron chi connectivity index (χ2n) is 10.1. The van der Waals surface area contributed by atoms with Gasteiger partial charge in [-0.25, -0.2) is 9.78 Å². The molecule has 0 atom stereocenters. The predicted octanol–water partition coefficient (Wildman–Crippen LogP) is 8.09. The zero-order valence-corrected chi connectivity index (χ0v) is 23.4. The lowest BCUT2D eigenvalue weighted by Crippen LogP contribution is -2.05. The Morgan fingerprint density at radius 3 is 2.11 bits per heavy atom. The second kappa shape index (κ2) is 16.0. The molecular formula is C32H43NO5. The Kier molecular flexibility index (Phi) is 12.3. The van der Waals surface area contributed by atoms with E-state index in [2.05, 4.69) is 4.98 Å². The molecule has 0 radical (unpaired) electrons. The van der Waals surface area contributed by atoms with Crippen molar-refractivity contribution in [1.29, 1.82) is 0 Å². The van der Waals surface area contributed by atoms with Crippen molar-refractivity contribution in [3.8, 4) is 17.0 Å². The summed E-state index contributed by atoms with van der Waals surface area (Å²) < 4.78 is 16.5. The molecule has 206 valence electrons. The van der Waals surface area contributed by atoms with Gasteiger partial charge in [0.25, 0.3) is 0 Å². The van der Waals surface area contributed by atoms with E-state index in [9.17, 15) is 9.59 Å². The van der Waals surface area contributed by atoms with Crippen LogP contribution < -0.4 is 10.4 Å². The number of hydrogen-bond donors (Lipinski definition) is 0. The topological polar surface area (TPSA) is 78.6 Å². The summed E-state index contributed by atoms with van der Waals surface area (Å²) in [5.74, 6) is 0.392. The van der Waals surface area contributed by atoms with Gasteiger partial charge >= 0.3 is 11.6 Å². The normalized spacial score (nSPS) is 11.1. The fraction of sp³-hybridized carbons (Fsp3) is 0.531. The Hall–Kier alpha value is -3.15. The van der Waals surface area contributed by atoms with Gasteiger partial charge in [0.2, 0.25) is 5.88 Å². The lowest BCUT2D eigenvalue weighted by molar-refractivity contribution is -0.143. The van der Waals surface area contributed by atoms with Gasteiger partial charge in [-0.3, -0.25) is 4.79 Å². The molecule has 0 fully saturated rings. The van der Waals surface area contributed by atoms with Crippen LogP contribution in [0.4, 0.5) is 0 Å². The lowest BCUT2D eigenvalue weighted by atomic mass is 9.99. The molecule has 0 aliphatic rings. The number of esters is 1. The van der Waals surface area contributed by atoms with Gasteiger partial charge in [0.05, 0.1) is 18.8 Å². The second-order valence-corrected chi connectivity index (χ2v) is 10.1. The first-order valence-corrected chi connectivity index (χ1v) is 14.3. The SMILES string of the molecule is CCC(=O)OCCCCCCCCCCCCCOc1cc2oc(=O)c(-c3cc(C)ccc3C)cc2cn1. The molecule has 3 aromatic rings. The van der Waals surface area contributed by atoms with Crippen molar-refractivity contribution < 1.29 is 18.7 Å². The van der Waals surface area contributed by atoms with E-state index in [1.165, 1.54) is 44.9 Å². The number of unbranched alkanes of at least 4 members (excludes halogenated alkanes) is 10. The quantitative estimate of drug-likeness (QED) is 0.132. The van der Waals surface area contributed by atoms with E-state index in [0.29, 0.717) is 36.7 Å². The fourth-order valence-electron chi connectivity index (χ4n) is 4.55. The highest BCUT2D eigenvalue weighted by molar-refractivity contribution is 5.82. The molecule has 1 aromatic carbocycles. The molecule has 2 heterocycles. The minimum absolute atomic E-state index is 0.0975. The summed E-state index contributed by atoms with van der Waals surface area (Å²) in [6, 6.07) is 9.63. The first-order valence-electron chi connectivity index (χ1n) is 14.3. The molecule has 6 nitrogen and oxygen atoms in total. The minimum Gasteiger partial charge on any atom is -0.478 e. The molecule has 2 aromatic heterocycles. The Morgan fingerprint density at radius 2 is 1.45 bits per heavy atom. The highest BCUT2D eigenvalue weighted by Crippen LogP contribution is 2.26. The van der Waals surface area contributed by atoms with E-state index in [1.807, 2.05) is 45.0 Å². The van der Waals surface area contributed by atoms with Crippen molar-refractivity contribution in [3.05, 3.63) is 58.1 Å². The fourth-order valence-corrected chi connectivity index (χ4v) is 4.55. The van der Waals surface area contributed by atoms with Gasteiger partial charge in [-0.1, -0.05) is 88.5 Å². The van der Waals surface area contributed by atoms with E-state index in [4.69, 9.17) is 13.9 Å². The maximum atomic E-state index is 12.7. The Morgan fingerprint density at radius 1 is 0.816 bits per heavy atom. The minimum atomic E-state index is -0.349. The Bertz CT molecular complexity index is 1220. The number of nitrogens with zero attached hydrogens (tertiary/aromatic N) is 1. The van der Waals surface area contributed by atoms with Crippen LogP contribution in [0.3, 0.4) is 0 Å². The summed E-state index contributed by atoms with van der Waals surface area (Å²) in [6.07, 6.45) is 15.2. The average Bonchev–Trinajstić information content (AvgIpc) is 2.91. The van der Waals surface area contributed by atoms with Crippen LogP contribution in [0.15, 0.2) is 45.7 Å². The molecule has 38 heavy (non-hydrogen) atoms. The summed E-state index contributed by atoms with van der Waals surface area (Å²) in [5, 5.41) is 0.783. The van der Waals surface area contributed by atoms with Gasteiger partial charge in [-0.2, -0.15) is 0 Å². The van der Waals surface area contributed by atoms with Crippen LogP contribution in [0, 0.1) is 13.8 Å². The first-order chi connectivity index (χ1) is 18.5. The van der Waals surface area contributed by atoms with E-state index in [0.717, 1.165) is 47.8 Å². The number of carbonyl (C=O) groups excluding carboxylic acids is 1. The Labute approximate surface area is 226 Å². The molecule has 0 N–H and O–H groups in total. The molecule has 0 amide bonds. The summed E-state index contributed by atoms with van der Waals surface area (Å²) in [7, 11) is 0. The zero-order chi connectivity index (χ0) is 27.2. The molecule has 3 rings (SSSR count). The van der Waals surface area contributed by atoms with Gasteiger partial charge in [0.15, 0.2) is 0 Å². The van der Waals surface area contributed by atoms with Crippen molar-refractivity contribution in [2.75, 3.05) is 13.2 Å². The van der Waals surface area contributed by atoms with Crippen LogP contribution in [0.5, 0.6) is 5.88 Å². The number of rotatable bonds is 17. The first kappa shape index (κ1) is 29.4. The maximum Gasteiger partial charge on any atom is 0.344 e. The molecule has 0 saturated heterocycles. The molecule has 0 bridgehead atoms. The number of fused-ring (bicyclic) bond motifs is 1. The molecular weight excluding hydrogens is 478 g/mol. The summed E-state index contributed by atoms with van der Waals surface area (Å²) in [4.78, 5) is 28.2. The van der Waals surface area contributed by atoms with Gasteiger partial charge in [0, 0.05) is 24.1 Å². The number of hydrogen-bond acceptors (Lipinski definition) is 6. The van der Waals surface area contributed by atoms with Gasteiger partial charge in [-0.05, 0) is 43.9 Å². The van der Waals surface area contributed by atoms with E-state index >= 15 is 0 Å². The van der Waals surface area contributed by atoms with Crippen LogP contribution in [0.25, 0.3) is 22.1 Å². The average molecular weight is 522 g/mol. The van der Waals surface area contributed by atoms with Crippen molar-refractivity contribution in [2.24, 2.45) is 0 Å². The summed E-state index contributed by atoms with van der Waals surface area (Å²) >= 11 is 0. The maximum absolute atomic E-state index is 12.7. The van der Waals surface area contributed by atoms with Crippen molar-refractivity contribution in [2.45, 2.75) is 97.8 Å². The Balaban J connectivity index is 1.28. The van der Waals surface area contributed by atoms with Crippen LogP contribution in [0.2, 0.25) is 0 Å². The molecule has 6 heteroatoms. The molecule has 0 aliphatic heterocycles. The van der Waals surface area contributed by atoms with Crippen LogP contribution in [0.1, 0.15) is 95.1 Å². The largest absolute Gasteiger partial charge is 0.478 e. The highest BCUT2D eigenvalue weighted by atomic mass is 16.5. The molecule has 0 spiro atoms. The number of pyridine rings is 1. The molecule has 0 unspecified atom stereocenters. The van der Waals surface area contributed by atoms with Crippen LogP contribution in [-0.2, 0) is 9.53 Å². The lowest BCUT2D eigenvalue weighted by Gasteiger charge is -2.09. The number of benzene rings is 1. The van der Waals surface area contributed by atoms with Crippen molar-refractivity contribution >= 4 is 16.9 Å². The van der Waals surface area contributed by atoms with Gasteiger partial charge < -0.3 is 13.9 Å². The smallest absolute Gasteiger partial charge is 0.344 e. The third-order valence-electron chi connectivity index (χ3n) is 6.87. The van der Waals surface area contributed by atoms with Crippen molar-refractivity contribution in [3.63, 3.8) is 0 Å². The van der Waals surface area contributed by atoms with E-state index < -0.39 is 0 Å². The van der Waals surface area contributed by atoms with Gasteiger partial charge in [-0.15, -0.1) is 0 Å². The number of ether oxygens (including phenoxy) is 2. The summed E-state index contributed by atoms with van der Waals surface area (Å²) in [6.45, 7) is 7.01. The zero-order valence-electron chi connectivity index (χ0n) is 23.4. The number of carbonyl (C=O) groups is 1. The number of aryl methyl sites for hydroxylation is 2. The van der Waals surface area contributed by atoms with E-state index in [-0.39, 0.29) is 11.6 Å². The summed E-state index contributed by atoms with van der Waals surface area (Å²) in [5.41, 5.74) is 3.73. The predicted molar refractivity (Wildman–Crippen MR) is 153 cm³/mol. The van der Waals surface area contributed by atoms with E-state index in [1.54, 1.807) is 12.3 Å². The monoisotopic (exact) mass is 521 g/mol. The van der Waals surface area contributed by atoms with Crippen molar-refractivity contribution in [1.82, 2.24) is 4.98 Å². The highest BCUT2D eigenvalue weighted by Gasteiger charge is 2.12. The van der Waals surface area contributed by atoms with Crippen LogP contribution in [-0.4, -0.2) is 24.2 Å².